The molecule has 0 aromatic heterocycles. The number of fused-ring (bicyclic) bond motifs is 2. The molecule has 3 atom stereocenters. The summed E-state index contributed by atoms with van der Waals surface area (Å²) < 4.78 is 0. The van der Waals surface area contributed by atoms with E-state index in [-0.39, 0.29) is 0 Å². The van der Waals surface area contributed by atoms with Crippen LogP contribution >= 0.6 is 0 Å². The molecule has 2 aliphatic rings. The molecule has 0 radical (unpaired) electrons. The highest BCUT2D eigenvalue weighted by Gasteiger charge is 2.31. The van der Waals surface area contributed by atoms with Gasteiger partial charge in [-0.3, -0.25) is 0 Å². The van der Waals surface area contributed by atoms with Crippen LogP contribution in [0.25, 0.3) is 16.3 Å². The van der Waals surface area contributed by atoms with Crippen molar-refractivity contribution in [1.82, 2.24) is 0 Å². The molecule has 4 rings (SSSR count). The van der Waals surface area contributed by atoms with E-state index >= 15 is 0 Å². The number of rotatable bonds is 3. The average molecular weight is 320 g/mol. The molecule has 0 aliphatic heterocycles. The molecule has 0 spiro atoms. The lowest BCUT2D eigenvalue weighted by molar-refractivity contribution is 0.190. The van der Waals surface area contributed by atoms with Crippen LogP contribution in [-0.4, -0.2) is 5.11 Å². The number of phenols is 1. The zero-order valence-corrected chi connectivity index (χ0v) is 14.7. The third kappa shape index (κ3) is 3.09. The Morgan fingerprint density at radius 1 is 1.00 bits per heavy atom. The normalized spacial score (nSPS) is 26.9. The molecule has 1 heteroatoms. The van der Waals surface area contributed by atoms with Gasteiger partial charge in [0.15, 0.2) is 0 Å². The third-order valence-corrected chi connectivity index (χ3v) is 6.24. The Balaban J connectivity index is 1.56. The van der Waals surface area contributed by atoms with Crippen molar-refractivity contribution < 1.29 is 5.11 Å². The number of hydrogen-bond donors (Lipinski definition) is 1. The summed E-state index contributed by atoms with van der Waals surface area (Å²) in [7, 11) is 0. The van der Waals surface area contributed by atoms with Crippen LogP contribution in [0.3, 0.4) is 0 Å². The molecular formula is C23H28O. The van der Waals surface area contributed by atoms with E-state index in [1.54, 1.807) is 11.6 Å². The fourth-order valence-corrected chi connectivity index (χ4v) is 4.96. The van der Waals surface area contributed by atoms with E-state index in [1.165, 1.54) is 55.9 Å². The molecule has 1 nitrogen and oxygen atoms in total. The summed E-state index contributed by atoms with van der Waals surface area (Å²) in [6.45, 7) is 2.32. The Morgan fingerprint density at radius 2 is 1.83 bits per heavy atom. The quantitative estimate of drug-likeness (QED) is 0.679. The first-order chi connectivity index (χ1) is 11.7. The van der Waals surface area contributed by atoms with Gasteiger partial charge in [-0.15, -0.1) is 0 Å². The molecule has 0 heterocycles. The lowest BCUT2D eigenvalue weighted by Gasteiger charge is -2.38. The maximum absolute atomic E-state index is 9.63. The van der Waals surface area contributed by atoms with Crippen molar-refractivity contribution in [2.24, 2.45) is 17.8 Å². The Kier molecular flexibility index (Phi) is 4.35. The third-order valence-electron chi connectivity index (χ3n) is 6.24. The van der Waals surface area contributed by atoms with E-state index in [1.807, 2.05) is 12.1 Å². The Hall–Kier alpha value is -1.76. The predicted molar refractivity (Wildman–Crippen MR) is 102 cm³/mol. The summed E-state index contributed by atoms with van der Waals surface area (Å²) in [5, 5.41) is 12.0. The van der Waals surface area contributed by atoms with Crippen molar-refractivity contribution in [2.45, 2.75) is 51.9 Å². The molecule has 1 saturated carbocycles. The minimum atomic E-state index is 0.346. The van der Waals surface area contributed by atoms with Gasteiger partial charge < -0.3 is 5.11 Å². The molecule has 0 saturated heterocycles. The largest absolute Gasteiger partial charge is 0.508 e. The SMILES string of the molecule is CCCC1CCC2C=C(c3ccc4cc(O)ccc4c3)CCC2C1. The van der Waals surface area contributed by atoms with Crippen molar-refractivity contribution in [3.05, 3.63) is 48.0 Å². The van der Waals surface area contributed by atoms with E-state index in [4.69, 9.17) is 0 Å². The maximum atomic E-state index is 9.63. The number of benzene rings is 2. The van der Waals surface area contributed by atoms with Crippen LogP contribution in [0.4, 0.5) is 0 Å². The average Bonchev–Trinajstić information content (AvgIpc) is 2.61. The van der Waals surface area contributed by atoms with Crippen LogP contribution in [0, 0.1) is 17.8 Å². The molecule has 0 bridgehead atoms. The number of phenolic OH excluding ortho intramolecular Hbond substituents is 1. The summed E-state index contributed by atoms with van der Waals surface area (Å²) >= 11 is 0. The zero-order valence-electron chi connectivity index (χ0n) is 14.7. The van der Waals surface area contributed by atoms with Crippen molar-refractivity contribution in [3.63, 3.8) is 0 Å². The molecule has 0 amide bonds. The molecule has 24 heavy (non-hydrogen) atoms. The molecule has 3 unspecified atom stereocenters. The van der Waals surface area contributed by atoms with Gasteiger partial charge in [0.1, 0.15) is 5.75 Å². The second-order valence-corrected chi connectivity index (χ2v) is 7.87. The summed E-state index contributed by atoms with van der Waals surface area (Å²) in [5.41, 5.74) is 2.92. The number of aromatic hydroxyl groups is 1. The smallest absolute Gasteiger partial charge is 0.116 e. The second-order valence-electron chi connectivity index (χ2n) is 7.87. The van der Waals surface area contributed by atoms with Crippen LogP contribution in [0.1, 0.15) is 57.4 Å². The predicted octanol–water partition coefficient (Wildman–Crippen LogP) is 6.56. The van der Waals surface area contributed by atoms with Crippen molar-refractivity contribution in [3.8, 4) is 5.75 Å². The summed E-state index contributed by atoms with van der Waals surface area (Å²) in [4.78, 5) is 0. The highest BCUT2D eigenvalue weighted by Crippen LogP contribution is 2.45. The first-order valence-electron chi connectivity index (χ1n) is 9.67. The van der Waals surface area contributed by atoms with Gasteiger partial charge in [0.25, 0.3) is 0 Å². The fraction of sp³-hybridized carbons (Fsp3) is 0.478. The van der Waals surface area contributed by atoms with Gasteiger partial charge >= 0.3 is 0 Å². The van der Waals surface area contributed by atoms with Gasteiger partial charge in [-0.05, 0) is 90.0 Å². The van der Waals surface area contributed by atoms with Crippen LogP contribution < -0.4 is 0 Å². The van der Waals surface area contributed by atoms with Gasteiger partial charge in [-0.1, -0.05) is 44.0 Å². The second kappa shape index (κ2) is 6.63. The van der Waals surface area contributed by atoms with E-state index < -0.39 is 0 Å². The van der Waals surface area contributed by atoms with E-state index in [9.17, 15) is 5.11 Å². The molecule has 2 aromatic carbocycles. The molecule has 1 N–H and O–H groups in total. The molecule has 2 aromatic rings. The minimum Gasteiger partial charge on any atom is -0.508 e. The van der Waals surface area contributed by atoms with Gasteiger partial charge in [0, 0.05) is 0 Å². The van der Waals surface area contributed by atoms with E-state index in [0.29, 0.717) is 5.75 Å². The highest BCUT2D eigenvalue weighted by atomic mass is 16.3. The summed E-state index contributed by atoms with van der Waals surface area (Å²) in [5.74, 6) is 3.06. The van der Waals surface area contributed by atoms with Gasteiger partial charge in [-0.25, -0.2) is 0 Å². The maximum Gasteiger partial charge on any atom is 0.116 e. The van der Waals surface area contributed by atoms with E-state index in [2.05, 4.69) is 31.2 Å². The summed E-state index contributed by atoms with van der Waals surface area (Å²) in [6.07, 6.45) is 12.2. The summed E-state index contributed by atoms with van der Waals surface area (Å²) in [6, 6.07) is 12.3. The Morgan fingerprint density at radius 3 is 2.71 bits per heavy atom. The first kappa shape index (κ1) is 15.7. The van der Waals surface area contributed by atoms with Crippen molar-refractivity contribution in [1.29, 1.82) is 0 Å². The van der Waals surface area contributed by atoms with Gasteiger partial charge in [0.2, 0.25) is 0 Å². The van der Waals surface area contributed by atoms with Crippen molar-refractivity contribution in [2.75, 3.05) is 0 Å². The molecule has 1 fully saturated rings. The number of hydrogen-bond acceptors (Lipinski definition) is 1. The first-order valence-corrected chi connectivity index (χ1v) is 9.67. The van der Waals surface area contributed by atoms with Gasteiger partial charge in [-0.2, -0.15) is 0 Å². The Labute approximate surface area is 145 Å². The van der Waals surface area contributed by atoms with Crippen molar-refractivity contribution >= 4 is 16.3 Å². The fourth-order valence-electron chi connectivity index (χ4n) is 4.96. The van der Waals surface area contributed by atoms with Crippen LogP contribution in [0.2, 0.25) is 0 Å². The zero-order chi connectivity index (χ0) is 16.5. The molecule has 2 aliphatic carbocycles. The monoisotopic (exact) mass is 320 g/mol. The molecule has 126 valence electrons. The highest BCUT2D eigenvalue weighted by molar-refractivity contribution is 5.87. The lowest BCUT2D eigenvalue weighted by atomic mass is 9.67. The van der Waals surface area contributed by atoms with E-state index in [0.717, 1.165) is 23.1 Å². The topological polar surface area (TPSA) is 20.2 Å². The Bertz CT molecular complexity index is 758. The molecular weight excluding hydrogens is 292 g/mol. The standard InChI is InChI=1S/C23H28O/c1-2-3-16-4-5-18-13-19(7-6-17(18)12-16)20-8-9-22-15-23(24)11-10-21(22)14-20/h8-11,13-18,24H,2-7,12H2,1H3. The van der Waals surface area contributed by atoms with Gasteiger partial charge in [0.05, 0.1) is 0 Å². The van der Waals surface area contributed by atoms with Crippen LogP contribution in [0.15, 0.2) is 42.5 Å². The van der Waals surface area contributed by atoms with Crippen LogP contribution in [-0.2, 0) is 0 Å². The van der Waals surface area contributed by atoms with Crippen LogP contribution in [0.5, 0.6) is 5.75 Å². The minimum absolute atomic E-state index is 0.346. The number of allylic oxidation sites excluding steroid dienone is 2. The lowest BCUT2D eigenvalue weighted by Crippen LogP contribution is -2.26.